The van der Waals surface area contributed by atoms with Crippen LogP contribution in [0.4, 0.5) is 5.82 Å². The summed E-state index contributed by atoms with van der Waals surface area (Å²) >= 11 is 0. The SMILES string of the molecule is COCCC(=O)N1CCN(c2nc(C3CC3)c(-c3c(C)noc3C)c(C)c2C#N)C[C@H]1C. The zero-order chi connectivity index (χ0) is 23.0. The molecule has 1 aliphatic heterocycles. The van der Waals surface area contributed by atoms with Crippen molar-refractivity contribution in [3.8, 4) is 17.2 Å². The molecule has 32 heavy (non-hydrogen) atoms. The van der Waals surface area contributed by atoms with Crippen molar-refractivity contribution in [2.75, 3.05) is 38.3 Å². The van der Waals surface area contributed by atoms with E-state index in [1.807, 2.05) is 25.7 Å². The number of nitriles is 1. The van der Waals surface area contributed by atoms with Crippen LogP contribution in [0.15, 0.2) is 4.52 Å². The van der Waals surface area contributed by atoms with Crippen molar-refractivity contribution in [3.63, 3.8) is 0 Å². The molecule has 3 heterocycles. The van der Waals surface area contributed by atoms with E-state index in [4.69, 9.17) is 14.2 Å². The zero-order valence-electron chi connectivity index (χ0n) is 19.6. The van der Waals surface area contributed by atoms with Crippen molar-refractivity contribution >= 4 is 11.7 Å². The van der Waals surface area contributed by atoms with E-state index in [9.17, 15) is 10.1 Å². The van der Waals surface area contributed by atoms with Gasteiger partial charge >= 0.3 is 0 Å². The van der Waals surface area contributed by atoms with Crippen molar-refractivity contribution < 1.29 is 14.1 Å². The third-order valence-corrected chi connectivity index (χ3v) is 6.58. The first-order chi connectivity index (χ1) is 15.4. The van der Waals surface area contributed by atoms with Gasteiger partial charge in [0.05, 0.1) is 30.0 Å². The van der Waals surface area contributed by atoms with Gasteiger partial charge in [0.15, 0.2) is 0 Å². The Balaban J connectivity index is 1.71. The summed E-state index contributed by atoms with van der Waals surface area (Å²) < 4.78 is 10.5. The lowest BCUT2D eigenvalue weighted by Crippen LogP contribution is -2.54. The highest BCUT2D eigenvalue weighted by molar-refractivity contribution is 5.80. The summed E-state index contributed by atoms with van der Waals surface area (Å²) in [7, 11) is 1.61. The quantitative estimate of drug-likeness (QED) is 0.683. The standard InChI is InChI=1S/C24H31N5O3/c1-14-13-28(9-10-29(14)20(30)8-11-31-5)24-19(12-25)15(2)21(23(26-24)18-6-7-18)22-16(3)27-32-17(22)4/h14,18H,6-11,13H2,1-5H3/t14-/m1/s1. The highest BCUT2D eigenvalue weighted by Gasteiger charge is 2.35. The van der Waals surface area contributed by atoms with Crippen molar-refractivity contribution in [1.29, 1.82) is 5.26 Å². The first kappa shape index (κ1) is 22.3. The molecule has 2 aromatic rings. The van der Waals surface area contributed by atoms with Crippen LogP contribution in [-0.4, -0.2) is 60.3 Å². The molecule has 8 nitrogen and oxygen atoms in total. The third kappa shape index (κ3) is 3.97. The molecule has 8 heteroatoms. The number of piperazine rings is 1. The number of hydrogen-bond donors (Lipinski definition) is 0. The molecular formula is C24H31N5O3. The normalized spacial score (nSPS) is 18.7. The predicted molar refractivity (Wildman–Crippen MR) is 121 cm³/mol. The molecule has 1 amide bonds. The average Bonchev–Trinajstić information content (AvgIpc) is 3.57. The smallest absolute Gasteiger partial charge is 0.225 e. The average molecular weight is 438 g/mol. The maximum atomic E-state index is 12.5. The molecule has 0 spiro atoms. The molecular weight excluding hydrogens is 406 g/mol. The van der Waals surface area contributed by atoms with Crippen LogP contribution in [0.3, 0.4) is 0 Å². The second-order valence-corrected chi connectivity index (χ2v) is 8.91. The van der Waals surface area contributed by atoms with Gasteiger partial charge in [-0.3, -0.25) is 4.79 Å². The second-order valence-electron chi connectivity index (χ2n) is 8.91. The monoisotopic (exact) mass is 437 g/mol. The minimum Gasteiger partial charge on any atom is -0.384 e. The van der Waals surface area contributed by atoms with Gasteiger partial charge in [-0.1, -0.05) is 5.16 Å². The maximum absolute atomic E-state index is 12.5. The molecule has 0 radical (unpaired) electrons. The molecule has 4 rings (SSSR count). The van der Waals surface area contributed by atoms with Crippen molar-refractivity contribution in [3.05, 3.63) is 28.3 Å². The number of aryl methyl sites for hydroxylation is 2. The number of pyridine rings is 1. The summed E-state index contributed by atoms with van der Waals surface area (Å²) in [4.78, 5) is 21.7. The van der Waals surface area contributed by atoms with Gasteiger partial charge in [0.2, 0.25) is 5.91 Å². The van der Waals surface area contributed by atoms with E-state index in [1.54, 1.807) is 7.11 Å². The minimum atomic E-state index is 0.0355. The van der Waals surface area contributed by atoms with Gasteiger partial charge < -0.3 is 19.1 Å². The highest BCUT2D eigenvalue weighted by Crippen LogP contribution is 2.47. The number of carbonyl (C=O) groups is 1. The topological polar surface area (TPSA) is 95.5 Å². The fourth-order valence-corrected chi connectivity index (χ4v) is 4.73. The van der Waals surface area contributed by atoms with Gasteiger partial charge in [0.1, 0.15) is 17.6 Å². The Hall–Kier alpha value is -2.92. The number of anilines is 1. The molecule has 1 saturated heterocycles. The summed E-state index contributed by atoms with van der Waals surface area (Å²) in [6, 6.07) is 2.45. The Bertz CT molecular complexity index is 1050. The van der Waals surface area contributed by atoms with Gasteiger partial charge in [-0.15, -0.1) is 0 Å². The maximum Gasteiger partial charge on any atom is 0.225 e. The third-order valence-electron chi connectivity index (χ3n) is 6.58. The van der Waals surface area contributed by atoms with Gasteiger partial charge in [0.25, 0.3) is 0 Å². The summed E-state index contributed by atoms with van der Waals surface area (Å²) in [5.74, 6) is 2.00. The van der Waals surface area contributed by atoms with Crippen LogP contribution >= 0.6 is 0 Å². The number of rotatable bonds is 6. The van der Waals surface area contributed by atoms with Crippen LogP contribution < -0.4 is 4.90 Å². The van der Waals surface area contributed by atoms with Crippen LogP contribution in [0, 0.1) is 32.1 Å². The van der Waals surface area contributed by atoms with E-state index in [0.717, 1.165) is 52.5 Å². The van der Waals surface area contributed by atoms with Crippen LogP contribution in [0.2, 0.25) is 0 Å². The zero-order valence-corrected chi connectivity index (χ0v) is 19.6. The number of carbonyl (C=O) groups excluding carboxylic acids is 1. The molecule has 0 bridgehead atoms. The molecule has 1 saturated carbocycles. The fraction of sp³-hybridized carbons (Fsp3) is 0.583. The lowest BCUT2D eigenvalue weighted by molar-refractivity contribution is -0.134. The summed E-state index contributed by atoms with van der Waals surface area (Å²) in [5.41, 5.74) is 5.35. The van der Waals surface area contributed by atoms with E-state index in [1.165, 1.54) is 0 Å². The number of ether oxygens (including phenoxy) is 1. The van der Waals surface area contributed by atoms with E-state index < -0.39 is 0 Å². The van der Waals surface area contributed by atoms with Crippen molar-refractivity contribution in [2.24, 2.45) is 0 Å². The van der Waals surface area contributed by atoms with Gasteiger partial charge in [-0.05, 0) is 46.1 Å². The lowest BCUT2D eigenvalue weighted by Gasteiger charge is -2.41. The molecule has 0 N–H and O–H groups in total. The number of nitrogens with zero attached hydrogens (tertiary/aromatic N) is 5. The molecule has 1 atom stereocenters. The molecule has 0 unspecified atom stereocenters. The second kappa shape index (κ2) is 8.91. The number of methoxy groups -OCH3 is 1. The number of hydrogen-bond acceptors (Lipinski definition) is 7. The van der Waals surface area contributed by atoms with Crippen molar-refractivity contribution in [2.45, 2.75) is 58.9 Å². The Morgan fingerprint density at radius 2 is 2.00 bits per heavy atom. The van der Waals surface area contributed by atoms with Crippen LogP contribution in [-0.2, 0) is 9.53 Å². The predicted octanol–water partition coefficient (Wildman–Crippen LogP) is 3.48. The first-order valence-electron chi connectivity index (χ1n) is 11.3. The van der Waals surface area contributed by atoms with Gasteiger partial charge in [-0.2, -0.15) is 5.26 Å². The largest absolute Gasteiger partial charge is 0.384 e. The Labute approximate surface area is 189 Å². The Kier molecular flexibility index (Phi) is 6.20. The van der Waals surface area contributed by atoms with Crippen LogP contribution in [0.5, 0.6) is 0 Å². The van der Waals surface area contributed by atoms with E-state index >= 15 is 0 Å². The van der Waals surface area contributed by atoms with Crippen LogP contribution in [0.1, 0.15) is 60.4 Å². The Morgan fingerprint density at radius 1 is 1.25 bits per heavy atom. The van der Waals surface area contributed by atoms with E-state index in [0.29, 0.717) is 44.1 Å². The molecule has 2 aliphatic rings. The van der Waals surface area contributed by atoms with E-state index in [-0.39, 0.29) is 11.9 Å². The van der Waals surface area contributed by atoms with Gasteiger partial charge in [-0.25, -0.2) is 4.98 Å². The van der Waals surface area contributed by atoms with Crippen molar-refractivity contribution in [1.82, 2.24) is 15.0 Å². The van der Waals surface area contributed by atoms with Crippen LogP contribution in [0.25, 0.3) is 11.1 Å². The molecule has 170 valence electrons. The Morgan fingerprint density at radius 3 is 2.56 bits per heavy atom. The first-order valence-corrected chi connectivity index (χ1v) is 11.3. The summed E-state index contributed by atoms with van der Waals surface area (Å²) in [6.07, 6.45) is 2.60. The molecule has 0 aromatic carbocycles. The van der Waals surface area contributed by atoms with Gasteiger partial charge in [0, 0.05) is 49.8 Å². The highest BCUT2D eigenvalue weighted by atomic mass is 16.5. The summed E-state index contributed by atoms with van der Waals surface area (Å²) in [6.45, 7) is 10.2. The fourth-order valence-electron chi connectivity index (χ4n) is 4.73. The number of aromatic nitrogens is 2. The number of amides is 1. The minimum absolute atomic E-state index is 0.0355. The molecule has 2 aromatic heterocycles. The van der Waals surface area contributed by atoms with E-state index in [2.05, 4.69) is 23.0 Å². The molecule has 2 fully saturated rings. The lowest BCUT2D eigenvalue weighted by atomic mass is 9.92. The molecule has 1 aliphatic carbocycles. The summed E-state index contributed by atoms with van der Waals surface area (Å²) in [5, 5.41) is 14.2.